The molecule has 0 aromatic heterocycles. The van der Waals surface area contributed by atoms with Crippen LogP contribution in [0.25, 0.3) is 0 Å². The third-order valence-corrected chi connectivity index (χ3v) is 11.1. The SMILES string of the molecule is CCCCCCCCCCCCCCC/C=C/S(=O)(=O)NCCC(=O)[O-].CCCCCCCCCCCCCCC/C=C/S(=O)(=O)NCCC(=O)[O-].[Ca+2]. The van der Waals surface area contributed by atoms with Gasteiger partial charge >= 0.3 is 37.7 Å². The topological polar surface area (TPSA) is 173 Å². The van der Waals surface area contributed by atoms with E-state index in [1.54, 1.807) is 12.2 Å². The first kappa shape index (κ1) is 56.8. The van der Waals surface area contributed by atoms with Crippen LogP contribution in [0.4, 0.5) is 0 Å². The molecule has 53 heavy (non-hydrogen) atoms. The molecule has 308 valence electrons. The molecule has 0 heterocycles. The summed E-state index contributed by atoms with van der Waals surface area (Å²) in [6.07, 6.45) is 37.8. The maximum absolute atomic E-state index is 11.5. The van der Waals surface area contributed by atoms with Crippen molar-refractivity contribution < 1.29 is 36.6 Å². The number of nitrogens with one attached hydrogen (secondary N) is 2. The molecule has 0 aliphatic heterocycles. The van der Waals surface area contributed by atoms with Crippen LogP contribution in [0.3, 0.4) is 0 Å². The van der Waals surface area contributed by atoms with Gasteiger partial charge in [0.1, 0.15) is 0 Å². The number of carbonyl (C=O) groups excluding carboxylic acids is 2. The van der Waals surface area contributed by atoms with Gasteiger partial charge in [-0.3, -0.25) is 0 Å². The first-order chi connectivity index (χ1) is 25.0. The summed E-state index contributed by atoms with van der Waals surface area (Å²) in [5, 5.41) is 22.7. The van der Waals surface area contributed by atoms with E-state index in [0.29, 0.717) is 0 Å². The predicted octanol–water partition coefficient (Wildman–Crippen LogP) is 7.70. The largest absolute Gasteiger partial charge is 2.00 e. The Morgan fingerprint density at radius 3 is 0.887 bits per heavy atom. The van der Waals surface area contributed by atoms with Gasteiger partial charge in [0.15, 0.2) is 0 Å². The van der Waals surface area contributed by atoms with E-state index in [-0.39, 0.29) is 63.7 Å². The number of hydrogen-bond donors (Lipinski definition) is 2. The fourth-order valence-corrected chi connectivity index (χ4v) is 7.38. The maximum atomic E-state index is 11.5. The average molecular weight is 817 g/mol. The van der Waals surface area contributed by atoms with Gasteiger partial charge in [-0.15, -0.1) is 0 Å². The van der Waals surface area contributed by atoms with E-state index < -0.39 is 32.0 Å². The van der Waals surface area contributed by atoms with E-state index in [1.807, 2.05) is 0 Å². The summed E-state index contributed by atoms with van der Waals surface area (Å²) in [5.41, 5.74) is 0. The number of carboxylic acid groups (broad SMARTS) is 2. The second-order valence-electron chi connectivity index (χ2n) is 13.9. The Bertz CT molecular complexity index is 1010. The van der Waals surface area contributed by atoms with E-state index in [1.165, 1.54) is 141 Å². The number of unbranched alkanes of at least 4 members (excludes halogenated alkanes) is 26. The van der Waals surface area contributed by atoms with E-state index in [2.05, 4.69) is 23.3 Å². The molecule has 0 aromatic rings. The predicted molar refractivity (Wildman–Crippen MR) is 218 cm³/mol. The van der Waals surface area contributed by atoms with Gasteiger partial charge in [0.2, 0.25) is 20.0 Å². The molecular weight excluding hydrogens is 741 g/mol. The smallest absolute Gasteiger partial charge is 0.550 e. The Hall–Kier alpha value is -0.500. The van der Waals surface area contributed by atoms with Gasteiger partial charge in [0.25, 0.3) is 0 Å². The van der Waals surface area contributed by atoms with Crippen LogP contribution in [0.1, 0.15) is 206 Å². The molecule has 0 rings (SSSR count). The number of rotatable bonds is 38. The summed E-state index contributed by atoms with van der Waals surface area (Å²) in [7, 11) is -7.03. The third kappa shape index (κ3) is 51.5. The molecule has 0 radical (unpaired) electrons. The molecule has 0 spiro atoms. The Kier molecular flexibility index (Phi) is 45.7. The Balaban J connectivity index is -0.000000926. The molecule has 0 atom stereocenters. The van der Waals surface area contributed by atoms with Gasteiger partial charge in [0, 0.05) is 48.7 Å². The summed E-state index contributed by atoms with van der Waals surface area (Å²) < 4.78 is 50.5. The molecule has 0 aromatic carbocycles. The zero-order chi connectivity index (χ0) is 39.0. The third-order valence-electron chi connectivity index (χ3n) is 8.76. The van der Waals surface area contributed by atoms with Crippen molar-refractivity contribution in [2.75, 3.05) is 13.1 Å². The molecule has 0 saturated heterocycles. The molecule has 0 saturated carbocycles. The molecule has 0 fully saturated rings. The minimum atomic E-state index is -3.52. The number of aliphatic carboxylic acids is 2. The van der Waals surface area contributed by atoms with Gasteiger partial charge in [-0.25, -0.2) is 26.3 Å². The molecule has 0 bridgehead atoms. The van der Waals surface area contributed by atoms with E-state index in [0.717, 1.165) is 49.3 Å². The first-order valence-electron chi connectivity index (χ1n) is 20.7. The molecule has 0 aliphatic rings. The molecule has 0 amide bonds. The minimum Gasteiger partial charge on any atom is -0.550 e. The fraction of sp³-hybridized carbons (Fsp3) is 0.850. The van der Waals surface area contributed by atoms with Crippen LogP contribution < -0.4 is 19.7 Å². The monoisotopic (exact) mass is 816 g/mol. The van der Waals surface area contributed by atoms with Crippen LogP contribution in [0.15, 0.2) is 23.0 Å². The summed E-state index contributed by atoms with van der Waals surface area (Å²) in [4.78, 5) is 20.5. The van der Waals surface area contributed by atoms with Crippen molar-refractivity contribution in [2.45, 2.75) is 206 Å². The maximum Gasteiger partial charge on any atom is 2.00 e. The standard InChI is InChI=1S/2C20H39NO4S.Ca/c2*1-2-3-4-5-6-7-8-9-10-11-12-13-14-15-16-19-26(24,25)21-18-17-20(22)23;/h2*16,19,21H,2-15,17-18H2,1H3,(H,22,23);/q;;+2/p-2/b2*19-16+;. The van der Waals surface area contributed by atoms with Crippen LogP contribution in [0.2, 0.25) is 0 Å². The van der Waals surface area contributed by atoms with Gasteiger partial charge < -0.3 is 19.8 Å². The van der Waals surface area contributed by atoms with Gasteiger partial charge in [0.05, 0.1) is 0 Å². The quantitative estimate of drug-likeness (QED) is 0.0471. The van der Waals surface area contributed by atoms with Gasteiger partial charge in [-0.05, 0) is 25.7 Å². The number of hydrogen-bond acceptors (Lipinski definition) is 8. The van der Waals surface area contributed by atoms with E-state index in [9.17, 15) is 36.6 Å². The van der Waals surface area contributed by atoms with Crippen LogP contribution >= 0.6 is 0 Å². The number of allylic oxidation sites excluding steroid dienone is 2. The van der Waals surface area contributed by atoms with Crippen LogP contribution in [-0.2, 0) is 29.6 Å². The van der Waals surface area contributed by atoms with Crippen molar-refractivity contribution in [3.8, 4) is 0 Å². The molecule has 13 heteroatoms. The summed E-state index contributed by atoms with van der Waals surface area (Å²) in [6, 6.07) is 0. The van der Waals surface area contributed by atoms with E-state index in [4.69, 9.17) is 0 Å². The van der Waals surface area contributed by atoms with Gasteiger partial charge in [-0.1, -0.05) is 180 Å². The minimum absolute atomic E-state index is 0. The molecular formula is C40H76CaN2O8S2. The Morgan fingerprint density at radius 2 is 0.660 bits per heavy atom. The van der Waals surface area contributed by atoms with Gasteiger partial charge in [-0.2, -0.15) is 0 Å². The molecule has 2 N–H and O–H groups in total. The number of carbonyl (C=O) groups is 2. The summed E-state index contributed by atoms with van der Waals surface area (Å²) in [6.45, 7) is 4.23. The van der Waals surface area contributed by atoms with Crippen LogP contribution in [0, 0.1) is 0 Å². The Morgan fingerprint density at radius 1 is 0.434 bits per heavy atom. The van der Waals surface area contributed by atoms with Crippen molar-refractivity contribution in [1.29, 1.82) is 0 Å². The molecule has 0 aliphatic carbocycles. The number of carboxylic acids is 2. The fourth-order valence-electron chi connectivity index (χ4n) is 5.64. The zero-order valence-corrected chi connectivity index (χ0v) is 37.6. The first-order valence-corrected chi connectivity index (χ1v) is 23.8. The normalized spacial score (nSPS) is 11.8. The summed E-state index contributed by atoms with van der Waals surface area (Å²) >= 11 is 0. The Labute approximate surface area is 355 Å². The van der Waals surface area contributed by atoms with Crippen molar-refractivity contribution in [2.24, 2.45) is 0 Å². The average Bonchev–Trinajstić information content (AvgIpc) is 3.08. The van der Waals surface area contributed by atoms with E-state index >= 15 is 0 Å². The molecule has 0 unspecified atom stereocenters. The second-order valence-corrected chi connectivity index (χ2v) is 17.2. The summed E-state index contributed by atoms with van der Waals surface area (Å²) in [5.74, 6) is -2.52. The van der Waals surface area contributed by atoms with Crippen molar-refractivity contribution in [1.82, 2.24) is 9.44 Å². The van der Waals surface area contributed by atoms with Crippen LogP contribution in [-0.4, -0.2) is 79.6 Å². The van der Waals surface area contributed by atoms with Crippen LogP contribution in [0.5, 0.6) is 0 Å². The van der Waals surface area contributed by atoms with Crippen molar-refractivity contribution in [3.63, 3.8) is 0 Å². The molecule has 10 nitrogen and oxygen atoms in total. The second kappa shape index (κ2) is 42.6. The van der Waals surface area contributed by atoms with Crippen molar-refractivity contribution >= 4 is 69.7 Å². The zero-order valence-electron chi connectivity index (χ0n) is 33.7. The van der Waals surface area contributed by atoms with Crippen molar-refractivity contribution in [3.05, 3.63) is 23.0 Å². The number of sulfonamides is 2.